The van der Waals surface area contributed by atoms with Gasteiger partial charge in [-0.3, -0.25) is 19.5 Å². The summed E-state index contributed by atoms with van der Waals surface area (Å²) in [5.74, 6) is -0.896. The number of aryl methyl sites for hydroxylation is 1. The van der Waals surface area contributed by atoms with E-state index in [2.05, 4.69) is 15.3 Å². The van der Waals surface area contributed by atoms with Gasteiger partial charge in [0.15, 0.2) is 5.13 Å². The molecule has 5 aromatic rings. The summed E-state index contributed by atoms with van der Waals surface area (Å²) < 4.78 is 15.7. The van der Waals surface area contributed by atoms with Crippen molar-refractivity contribution in [2.75, 3.05) is 5.32 Å². The largest absolute Gasteiger partial charge is 0.298 e. The van der Waals surface area contributed by atoms with E-state index in [4.69, 9.17) is 0 Å². The Morgan fingerprint density at radius 2 is 1.94 bits per heavy atom. The number of rotatable bonds is 4. The highest BCUT2D eigenvalue weighted by Gasteiger charge is 2.18. The van der Waals surface area contributed by atoms with Crippen LogP contribution in [0.15, 0.2) is 71.7 Å². The zero-order chi connectivity index (χ0) is 22.2. The number of benzene rings is 2. The van der Waals surface area contributed by atoms with Crippen LogP contribution in [0.1, 0.15) is 21.5 Å². The molecule has 6 nitrogen and oxygen atoms in total. The zero-order valence-electron chi connectivity index (χ0n) is 17.0. The second-order valence-electron chi connectivity index (χ2n) is 7.44. The molecular formula is C24H17FN4O2S. The number of hydrogen-bond donors (Lipinski definition) is 1. The molecule has 0 aliphatic rings. The smallest absolute Gasteiger partial charge is 0.265 e. The van der Waals surface area contributed by atoms with Gasteiger partial charge >= 0.3 is 0 Å². The molecule has 3 aromatic heterocycles. The standard InChI is InChI=1S/C24H17FN4O2S/c1-14-4-9-19-20(11-14)32-24(27-19)28-22(30)18-12-16-3-2-10-26-21(16)29(23(18)31)13-15-5-7-17(25)8-6-15/h2-12H,13H2,1H3,(H,27,28,30). The van der Waals surface area contributed by atoms with E-state index in [1.807, 2.05) is 25.1 Å². The first-order valence-electron chi connectivity index (χ1n) is 9.89. The summed E-state index contributed by atoms with van der Waals surface area (Å²) >= 11 is 1.35. The van der Waals surface area contributed by atoms with Crippen LogP contribution in [0.4, 0.5) is 9.52 Å². The molecule has 0 spiro atoms. The molecule has 0 saturated heterocycles. The summed E-state index contributed by atoms with van der Waals surface area (Å²) in [6, 6.07) is 16.8. The van der Waals surface area contributed by atoms with E-state index < -0.39 is 11.5 Å². The normalized spacial score (nSPS) is 11.2. The number of halogens is 1. The summed E-state index contributed by atoms with van der Waals surface area (Å²) in [6.45, 7) is 2.15. The van der Waals surface area contributed by atoms with Crippen molar-refractivity contribution in [3.05, 3.63) is 99.7 Å². The number of anilines is 1. The van der Waals surface area contributed by atoms with Crippen molar-refractivity contribution >= 4 is 43.6 Å². The first kappa shape index (κ1) is 20.0. The van der Waals surface area contributed by atoms with E-state index in [1.165, 1.54) is 28.0 Å². The first-order valence-corrected chi connectivity index (χ1v) is 10.7. The first-order chi connectivity index (χ1) is 15.5. The molecule has 0 unspecified atom stereocenters. The van der Waals surface area contributed by atoms with Crippen LogP contribution in [0.5, 0.6) is 0 Å². The molecule has 5 rings (SSSR count). The fourth-order valence-corrected chi connectivity index (χ4v) is 4.50. The van der Waals surface area contributed by atoms with Gasteiger partial charge in [-0.2, -0.15) is 0 Å². The average Bonchev–Trinajstić information content (AvgIpc) is 3.18. The van der Waals surface area contributed by atoms with Gasteiger partial charge in [0.1, 0.15) is 17.0 Å². The minimum absolute atomic E-state index is 0.0111. The molecule has 158 valence electrons. The number of aromatic nitrogens is 3. The molecular weight excluding hydrogens is 427 g/mol. The van der Waals surface area contributed by atoms with Crippen LogP contribution >= 0.6 is 11.3 Å². The predicted octanol–water partition coefficient (Wildman–Crippen LogP) is 4.75. The van der Waals surface area contributed by atoms with Crippen molar-refractivity contribution in [3.8, 4) is 0 Å². The van der Waals surface area contributed by atoms with Crippen molar-refractivity contribution in [2.45, 2.75) is 13.5 Å². The molecule has 32 heavy (non-hydrogen) atoms. The van der Waals surface area contributed by atoms with Gasteiger partial charge in [0.25, 0.3) is 11.5 Å². The predicted molar refractivity (Wildman–Crippen MR) is 124 cm³/mol. The highest BCUT2D eigenvalue weighted by atomic mass is 32.1. The Morgan fingerprint density at radius 1 is 1.12 bits per heavy atom. The van der Waals surface area contributed by atoms with E-state index in [9.17, 15) is 14.0 Å². The lowest BCUT2D eigenvalue weighted by Crippen LogP contribution is -2.30. The fourth-order valence-electron chi connectivity index (χ4n) is 3.54. The van der Waals surface area contributed by atoms with E-state index in [0.29, 0.717) is 16.2 Å². The monoisotopic (exact) mass is 444 g/mol. The quantitative estimate of drug-likeness (QED) is 0.434. The second kappa shape index (κ2) is 7.97. The molecule has 1 amide bonds. The van der Waals surface area contributed by atoms with Gasteiger partial charge in [0.05, 0.1) is 16.8 Å². The van der Waals surface area contributed by atoms with Gasteiger partial charge in [-0.05, 0) is 60.5 Å². The molecule has 0 aliphatic carbocycles. The topological polar surface area (TPSA) is 76.9 Å². The third-order valence-corrected chi connectivity index (χ3v) is 6.04. The average molecular weight is 444 g/mol. The van der Waals surface area contributed by atoms with Crippen LogP contribution in [0.2, 0.25) is 0 Å². The van der Waals surface area contributed by atoms with Gasteiger partial charge in [0.2, 0.25) is 0 Å². The van der Waals surface area contributed by atoms with E-state index >= 15 is 0 Å². The minimum Gasteiger partial charge on any atom is -0.298 e. The van der Waals surface area contributed by atoms with Crippen LogP contribution in [0.25, 0.3) is 21.3 Å². The summed E-state index contributed by atoms with van der Waals surface area (Å²) in [4.78, 5) is 35.1. The molecule has 3 heterocycles. The van der Waals surface area contributed by atoms with Gasteiger partial charge in [0, 0.05) is 11.6 Å². The Bertz CT molecular complexity index is 1540. The lowest BCUT2D eigenvalue weighted by atomic mass is 10.1. The minimum atomic E-state index is -0.538. The number of amides is 1. The second-order valence-corrected chi connectivity index (χ2v) is 8.47. The Labute approximate surface area is 186 Å². The maximum Gasteiger partial charge on any atom is 0.265 e. The van der Waals surface area contributed by atoms with E-state index in [0.717, 1.165) is 21.3 Å². The SMILES string of the molecule is Cc1ccc2nc(NC(=O)c3cc4cccnc4n(Cc4ccc(F)cc4)c3=O)sc2c1. The third kappa shape index (κ3) is 3.76. The lowest BCUT2D eigenvalue weighted by Gasteiger charge is -2.12. The lowest BCUT2D eigenvalue weighted by molar-refractivity contribution is 0.102. The van der Waals surface area contributed by atoms with Gasteiger partial charge in [-0.1, -0.05) is 29.5 Å². The molecule has 8 heteroatoms. The molecule has 2 aromatic carbocycles. The third-order valence-electron chi connectivity index (χ3n) is 5.11. The highest BCUT2D eigenvalue weighted by molar-refractivity contribution is 7.22. The number of pyridine rings is 2. The summed E-state index contributed by atoms with van der Waals surface area (Å²) in [6.07, 6.45) is 1.59. The van der Waals surface area contributed by atoms with Crippen LogP contribution < -0.4 is 10.9 Å². The van der Waals surface area contributed by atoms with Crippen LogP contribution in [-0.2, 0) is 6.54 Å². The fraction of sp³-hybridized carbons (Fsp3) is 0.0833. The molecule has 0 atom stereocenters. The van der Waals surface area contributed by atoms with Crippen molar-refractivity contribution in [2.24, 2.45) is 0 Å². The maximum absolute atomic E-state index is 13.3. The van der Waals surface area contributed by atoms with E-state index in [-0.39, 0.29) is 17.9 Å². The number of fused-ring (bicyclic) bond motifs is 2. The number of nitrogens with zero attached hydrogens (tertiary/aromatic N) is 3. The number of hydrogen-bond acceptors (Lipinski definition) is 5. The van der Waals surface area contributed by atoms with Crippen molar-refractivity contribution < 1.29 is 9.18 Å². The summed E-state index contributed by atoms with van der Waals surface area (Å²) in [5.41, 5.74) is 2.57. The van der Waals surface area contributed by atoms with Crippen LogP contribution in [0, 0.1) is 12.7 Å². The molecule has 0 saturated carbocycles. The van der Waals surface area contributed by atoms with Crippen molar-refractivity contribution in [3.63, 3.8) is 0 Å². The van der Waals surface area contributed by atoms with Crippen LogP contribution in [-0.4, -0.2) is 20.4 Å². The van der Waals surface area contributed by atoms with Gasteiger partial charge in [-0.15, -0.1) is 0 Å². The van der Waals surface area contributed by atoms with Crippen molar-refractivity contribution in [1.29, 1.82) is 0 Å². The zero-order valence-corrected chi connectivity index (χ0v) is 17.8. The Morgan fingerprint density at radius 3 is 2.75 bits per heavy atom. The molecule has 0 radical (unpaired) electrons. The highest BCUT2D eigenvalue weighted by Crippen LogP contribution is 2.27. The Hall–Kier alpha value is -3.91. The molecule has 0 aliphatic heterocycles. The van der Waals surface area contributed by atoms with Crippen LogP contribution in [0.3, 0.4) is 0 Å². The van der Waals surface area contributed by atoms with Crippen molar-refractivity contribution in [1.82, 2.24) is 14.5 Å². The molecule has 1 N–H and O–H groups in total. The Kier molecular flexibility index (Phi) is 4.99. The number of nitrogens with one attached hydrogen (secondary N) is 1. The molecule has 0 fully saturated rings. The van der Waals surface area contributed by atoms with Gasteiger partial charge in [-0.25, -0.2) is 14.4 Å². The Balaban J connectivity index is 1.55. The maximum atomic E-state index is 13.3. The number of carbonyl (C=O) groups excluding carboxylic acids is 1. The number of carbonyl (C=O) groups is 1. The van der Waals surface area contributed by atoms with E-state index in [1.54, 1.807) is 36.5 Å². The number of thiazole rings is 1. The summed E-state index contributed by atoms with van der Waals surface area (Å²) in [5, 5.41) is 3.83. The summed E-state index contributed by atoms with van der Waals surface area (Å²) in [7, 11) is 0. The molecule has 0 bridgehead atoms. The van der Waals surface area contributed by atoms with Gasteiger partial charge < -0.3 is 0 Å².